The molecule has 0 spiro atoms. The number of ether oxygens (including phenoxy) is 1. The molecule has 0 aliphatic carbocycles. The largest absolute Gasteiger partial charge is 0.490 e. The first-order chi connectivity index (χ1) is 9.35. The van der Waals surface area contributed by atoms with E-state index in [2.05, 4.69) is 14.8 Å². The van der Waals surface area contributed by atoms with Crippen LogP contribution in [0.2, 0.25) is 0 Å². The zero-order chi connectivity index (χ0) is 13.5. The van der Waals surface area contributed by atoms with Gasteiger partial charge in [0.1, 0.15) is 0 Å². The number of rotatable bonds is 5. The van der Waals surface area contributed by atoms with Crippen molar-refractivity contribution >= 4 is 5.82 Å². The van der Waals surface area contributed by atoms with Crippen LogP contribution in [0.5, 0.6) is 5.75 Å². The van der Waals surface area contributed by atoms with E-state index in [1.807, 2.05) is 25.3 Å². The average Bonchev–Trinajstić information content (AvgIpc) is 2.66. The van der Waals surface area contributed by atoms with Crippen LogP contribution in [0.1, 0.15) is 13.3 Å². The van der Waals surface area contributed by atoms with Gasteiger partial charge in [-0.3, -0.25) is 4.90 Å². The third-order valence-corrected chi connectivity index (χ3v) is 3.35. The van der Waals surface area contributed by atoms with Crippen LogP contribution in [0.4, 0.5) is 5.82 Å². The fraction of sp³-hybridized carbons (Fsp3) is 0.643. The Kier molecular flexibility index (Phi) is 5.42. The molecule has 1 saturated heterocycles. The lowest BCUT2D eigenvalue weighted by atomic mass is 10.3. The summed E-state index contributed by atoms with van der Waals surface area (Å²) in [6.45, 7) is 7.54. The van der Waals surface area contributed by atoms with E-state index in [-0.39, 0.29) is 6.61 Å². The minimum Gasteiger partial charge on any atom is -0.490 e. The lowest BCUT2D eigenvalue weighted by Gasteiger charge is -2.24. The second kappa shape index (κ2) is 7.31. The smallest absolute Gasteiger partial charge is 0.171 e. The fourth-order valence-corrected chi connectivity index (χ4v) is 2.44. The van der Waals surface area contributed by atoms with Gasteiger partial charge in [0, 0.05) is 32.4 Å². The van der Waals surface area contributed by atoms with Crippen LogP contribution < -0.4 is 9.64 Å². The van der Waals surface area contributed by atoms with Crippen molar-refractivity contribution in [2.24, 2.45) is 0 Å². The molecule has 1 aromatic heterocycles. The minimum atomic E-state index is 0.230. The Hall–Kier alpha value is -1.33. The fourth-order valence-electron chi connectivity index (χ4n) is 2.44. The number of pyridine rings is 1. The Labute approximate surface area is 114 Å². The molecule has 1 fully saturated rings. The third-order valence-electron chi connectivity index (χ3n) is 3.35. The van der Waals surface area contributed by atoms with E-state index < -0.39 is 0 Å². The maximum absolute atomic E-state index is 9.02. The molecule has 1 aliphatic heterocycles. The second-order valence-corrected chi connectivity index (χ2v) is 4.66. The van der Waals surface area contributed by atoms with Crippen LogP contribution in [-0.4, -0.2) is 60.9 Å². The van der Waals surface area contributed by atoms with Crippen molar-refractivity contribution in [3.05, 3.63) is 18.3 Å². The quantitative estimate of drug-likeness (QED) is 0.860. The van der Waals surface area contributed by atoms with Crippen molar-refractivity contribution in [1.29, 1.82) is 0 Å². The van der Waals surface area contributed by atoms with Gasteiger partial charge in [-0.1, -0.05) is 0 Å². The van der Waals surface area contributed by atoms with Gasteiger partial charge >= 0.3 is 0 Å². The van der Waals surface area contributed by atoms with Crippen LogP contribution in [0, 0.1) is 0 Å². The highest BCUT2D eigenvalue weighted by atomic mass is 16.5. The van der Waals surface area contributed by atoms with Crippen molar-refractivity contribution in [3.8, 4) is 5.75 Å². The first-order valence-corrected chi connectivity index (χ1v) is 7.01. The van der Waals surface area contributed by atoms with Crippen molar-refractivity contribution in [3.63, 3.8) is 0 Å². The van der Waals surface area contributed by atoms with Gasteiger partial charge in [-0.05, 0) is 32.0 Å². The SMILES string of the molecule is CCOc1cccnc1N1CCCN(CCO)CC1. The maximum Gasteiger partial charge on any atom is 0.171 e. The van der Waals surface area contributed by atoms with E-state index in [9.17, 15) is 0 Å². The molecular weight excluding hydrogens is 242 g/mol. The number of β-amino-alcohol motifs (C(OH)–C–C–N with tert-alkyl or cyclic N) is 1. The first kappa shape index (κ1) is 14.1. The van der Waals surface area contributed by atoms with Gasteiger partial charge in [-0.25, -0.2) is 4.98 Å². The number of aliphatic hydroxyl groups excluding tert-OH is 1. The summed E-state index contributed by atoms with van der Waals surface area (Å²) in [5.41, 5.74) is 0. The number of nitrogens with zero attached hydrogens (tertiary/aromatic N) is 3. The summed E-state index contributed by atoms with van der Waals surface area (Å²) in [5, 5.41) is 9.02. The Morgan fingerprint density at radius 1 is 1.32 bits per heavy atom. The molecule has 19 heavy (non-hydrogen) atoms. The number of aliphatic hydroxyl groups is 1. The predicted molar refractivity (Wildman–Crippen MR) is 75.8 cm³/mol. The Bertz CT molecular complexity index is 387. The molecule has 0 saturated carbocycles. The van der Waals surface area contributed by atoms with E-state index >= 15 is 0 Å². The van der Waals surface area contributed by atoms with Gasteiger partial charge in [0.2, 0.25) is 0 Å². The van der Waals surface area contributed by atoms with Crippen molar-refractivity contribution in [1.82, 2.24) is 9.88 Å². The Balaban J connectivity index is 2.05. The summed E-state index contributed by atoms with van der Waals surface area (Å²) in [6.07, 6.45) is 2.90. The Morgan fingerprint density at radius 3 is 3.00 bits per heavy atom. The molecule has 0 radical (unpaired) electrons. The molecule has 5 nitrogen and oxygen atoms in total. The zero-order valence-corrected chi connectivity index (χ0v) is 11.6. The number of hydrogen-bond donors (Lipinski definition) is 1. The lowest BCUT2D eigenvalue weighted by molar-refractivity contribution is 0.204. The molecule has 0 aromatic carbocycles. The topological polar surface area (TPSA) is 48.8 Å². The van der Waals surface area contributed by atoms with Crippen LogP contribution in [0.25, 0.3) is 0 Å². The van der Waals surface area contributed by atoms with Crippen LogP contribution >= 0.6 is 0 Å². The molecule has 2 heterocycles. The highest BCUT2D eigenvalue weighted by molar-refractivity contribution is 5.52. The average molecular weight is 265 g/mol. The standard InChI is InChI=1S/C14H23N3O2/c1-2-19-13-5-3-6-15-14(13)17-8-4-7-16(9-10-17)11-12-18/h3,5-6,18H,2,4,7-12H2,1H3. The van der Waals surface area contributed by atoms with Gasteiger partial charge < -0.3 is 14.7 Å². The van der Waals surface area contributed by atoms with E-state index in [0.717, 1.165) is 50.7 Å². The van der Waals surface area contributed by atoms with Gasteiger partial charge in [0.15, 0.2) is 11.6 Å². The molecule has 0 bridgehead atoms. The van der Waals surface area contributed by atoms with E-state index in [1.165, 1.54) is 0 Å². The summed E-state index contributed by atoms with van der Waals surface area (Å²) >= 11 is 0. The maximum atomic E-state index is 9.02. The van der Waals surface area contributed by atoms with Crippen LogP contribution in [-0.2, 0) is 0 Å². The molecule has 1 aliphatic rings. The first-order valence-electron chi connectivity index (χ1n) is 7.01. The van der Waals surface area contributed by atoms with E-state index in [4.69, 9.17) is 9.84 Å². The summed E-state index contributed by atoms with van der Waals surface area (Å²) in [4.78, 5) is 9.04. The molecule has 0 amide bonds. The molecule has 1 aromatic rings. The number of aromatic nitrogens is 1. The number of anilines is 1. The lowest BCUT2D eigenvalue weighted by Crippen LogP contribution is -2.32. The highest BCUT2D eigenvalue weighted by Gasteiger charge is 2.18. The van der Waals surface area contributed by atoms with Crippen molar-refractivity contribution in [2.45, 2.75) is 13.3 Å². The normalized spacial score (nSPS) is 17.3. The molecule has 106 valence electrons. The molecule has 0 unspecified atom stereocenters. The van der Waals surface area contributed by atoms with Crippen LogP contribution in [0.3, 0.4) is 0 Å². The van der Waals surface area contributed by atoms with E-state index in [0.29, 0.717) is 6.61 Å². The monoisotopic (exact) mass is 265 g/mol. The zero-order valence-electron chi connectivity index (χ0n) is 11.6. The number of hydrogen-bond acceptors (Lipinski definition) is 5. The van der Waals surface area contributed by atoms with Crippen molar-refractivity contribution in [2.75, 3.05) is 50.8 Å². The molecule has 5 heteroatoms. The Morgan fingerprint density at radius 2 is 2.21 bits per heavy atom. The van der Waals surface area contributed by atoms with Crippen molar-refractivity contribution < 1.29 is 9.84 Å². The molecule has 0 atom stereocenters. The molecular formula is C14H23N3O2. The third kappa shape index (κ3) is 3.81. The second-order valence-electron chi connectivity index (χ2n) is 4.66. The van der Waals surface area contributed by atoms with Gasteiger partial charge in [-0.15, -0.1) is 0 Å². The summed E-state index contributed by atoms with van der Waals surface area (Å²) in [7, 11) is 0. The highest BCUT2D eigenvalue weighted by Crippen LogP contribution is 2.26. The minimum absolute atomic E-state index is 0.230. The summed E-state index contributed by atoms with van der Waals surface area (Å²) in [5.74, 6) is 1.80. The summed E-state index contributed by atoms with van der Waals surface area (Å²) < 4.78 is 5.65. The van der Waals surface area contributed by atoms with Crippen LogP contribution in [0.15, 0.2) is 18.3 Å². The van der Waals surface area contributed by atoms with Gasteiger partial charge in [0.05, 0.1) is 13.2 Å². The van der Waals surface area contributed by atoms with E-state index in [1.54, 1.807) is 0 Å². The molecule has 2 rings (SSSR count). The summed E-state index contributed by atoms with van der Waals surface area (Å²) in [6, 6.07) is 3.88. The predicted octanol–water partition coefficient (Wildman–Crippen LogP) is 0.985. The molecule has 1 N–H and O–H groups in total. The van der Waals surface area contributed by atoms with Gasteiger partial charge in [0.25, 0.3) is 0 Å². The van der Waals surface area contributed by atoms with Gasteiger partial charge in [-0.2, -0.15) is 0 Å².